The van der Waals surface area contributed by atoms with Crippen molar-refractivity contribution in [3.05, 3.63) is 16.1 Å². The van der Waals surface area contributed by atoms with E-state index >= 15 is 0 Å². The van der Waals surface area contributed by atoms with Gasteiger partial charge in [0.05, 0.1) is 27.5 Å². The van der Waals surface area contributed by atoms with E-state index in [-0.39, 0.29) is 0 Å². The van der Waals surface area contributed by atoms with E-state index in [1.807, 2.05) is 0 Å². The van der Waals surface area contributed by atoms with Crippen LogP contribution in [-0.4, -0.2) is 15.3 Å². The molecule has 18 heavy (non-hydrogen) atoms. The van der Waals surface area contributed by atoms with E-state index in [1.165, 1.54) is 12.8 Å². The molecular formula is C12H15Cl2N3S. The molecule has 1 N–H and O–H groups in total. The van der Waals surface area contributed by atoms with Gasteiger partial charge in [-0.05, 0) is 18.4 Å². The number of aromatic nitrogens is 2. The van der Waals surface area contributed by atoms with E-state index in [1.54, 1.807) is 6.07 Å². The molecule has 0 aliphatic rings. The van der Waals surface area contributed by atoms with Gasteiger partial charge in [-0.1, -0.05) is 43.5 Å². The van der Waals surface area contributed by atoms with Gasteiger partial charge in [-0.2, -0.15) is 8.75 Å². The Morgan fingerprint density at radius 3 is 2.72 bits per heavy atom. The number of fused-ring (bicyclic) bond motifs is 1. The van der Waals surface area contributed by atoms with Crippen LogP contribution in [0.15, 0.2) is 6.07 Å². The Bertz CT molecular complexity index is 541. The van der Waals surface area contributed by atoms with Crippen LogP contribution in [0.4, 0.5) is 5.69 Å². The van der Waals surface area contributed by atoms with Gasteiger partial charge in [0.15, 0.2) is 0 Å². The molecule has 0 spiro atoms. The molecule has 0 amide bonds. The summed E-state index contributed by atoms with van der Waals surface area (Å²) < 4.78 is 8.45. The Hall–Kier alpha value is -0.580. The summed E-state index contributed by atoms with van der Waals surface area (Å²) >= 11 is 13.4. The molecule has 0 saturated carbocycles. The Labute approximate surface area is 121 Å². The predicted molar refractivity (Wildman–Crippen MR) is 80.0 cm³/mol. The highest BCUT2D eigenvalue weighted by molar-refractivity contribution is 7.00. The number of anilines is 1. The molecule has 6 heteroatoms. The van der Waals surface area contributed by atoms with Crippen LogP contribution in [0.5, 0.6) is 0 Å². The molecule has 0 aliphatic heterocycles. The highest BCUT2D eigenvalue weighted by Crippen LogP contribution is 2.35. The van der Waals surface area contributed by atoms with Crippen LogP contribution in [0.1, 0.15) is 26.7 Å². The molecular weight excluding hydrogens is 289 g/mol. The smallest absolute Gasteiger partial charge is 0.130 e. The Kier molecular flexibility index (Phi) is 4.65. The minimum Gasteiger partial charge on any atom is -0.382 e. The van der Waals surface area contributed by atoms with Crippen molar-refractivity contribution in [2.45, 2.75) is 26.7 Å². The number of benzene rings is 1. The summed E-state index contributed by atoms with van der Waals surface area (Å²) in [5.41, 5.74) is 2.32. The summed E-state index contributed by atoms with van der Waals surface area (Å²) in [4.78, 5) is 0. The lowest BCUT2D eigenvalue weighted by Gasteiger charge is -2.14. The molecule has 1 aromatic heterocycles. The lowest BCUT2D eigenvalue weighted by Crippen LogP contribution is -2.11. The van der Waals surface area contributed by atoms with Crippen LogP contribution in [0.2, 0.25) is 10.0 Å². The number of hydrogen-bond acceptors (Lipinski definition) is 4. The summed E-state index contributed by atoms with van der Waals surface area (Å²) in [5, 5.41) is 4.52. The second-order valence-electron chi connectivity index (χ2n) is 4.45. The largest absolute Gasteiger partial charge is 0.382 e. The van der Waals surface area contributed by atoms with Gasteiger partial charge in [-0.3, -0.25) is 0 Å². The fourth-order valence-corrected chi connectivity index (χ4v) is 3.09. The van der Waals surface area contributed by atoms with E-state index in [9.17, 15) is 0 Å². The zero-order valence-electron chi connectivity index (χ0n) is 10.3. The molecule has 1 unspecified atom stereocenters. The van der Waals surface area contributed by atoms with Gasteiger partial charge in [-0.15, -0.1) is 0 Å². The average molecular weight is 304 g/mol. The predicted octanol–water partition coefficient (Wildman–Crippen LogP) is 4.85. The van der Waals surface area contributed by atoms with Crippen molar-refractivity contribution < 1.29 is 0 Å². The topological polar surface area (TPSA) is 37.8 Å². The van der Waals surface area contributed by atoms with Crippen LogP contribution in [0.3, 0.4) is 0 Å². The van der Waals surface area contributed by atoms with Gasteiger partial charge >= 0.3 is 0 Å². The Morgan fingerprint density at radius 2 is 2.00 bits per heavy atom. The van der Waals surface area contributed by atoms with Crippen LogP contribution in [0.25, 0.3) is 11.0 Å². The number of halogens is 2. The molecule has 1 atom stereocenters. The van der Waals surface area contributed by atoms with Crippen molar-refractivity contribution in [3.8, 4) is 0 Å². The van der Waals surface area contributed by atoms with Crippen molar-refractivity contribution >= 4 is 51.7 Å². The molecule has 1 aromatic carbocycles. The third-order valence-electron chi connectivity index (χ3n) is 2.85. The van der Waals surface area contributed by atoms with Crippen molar-refractivity contribution in [2.75, 3.05) is 11.9 Å². The maximum absolute atomic E-state index is 6.22. The molecule has 3 nitrogen and oxygen atoms in total. The molecule has 0 fully saturated rings. The fraction of sp³-hybridized carbons (Fsp3) is 0.500. The zero-order chi connectivity index (χ0) is 13.1. The average Bonchev–Trinajstić information content (AvgIpc) is 2.78. The van der Waals surface area contributed by atoms with Crippen molar-refractivity contribution in [1.82, 2.24) is 8.75 Å². The molecule has 1 heterocycles. The standard InChI is InChI=1S/C12H15Cl2N3S/c1-3-4-7(2)6-15-10-8(13)5-9(14)11-12(10)17-18-16-11/h5,7,15H,3-4,6H2,1-2H3. The molecule has 0 aliphatic carbocycles. The van der Waals surface area contributed by atoms with Crippen LogP contribution in [0, 0.1) is 5.92 Å². The first-order chi connectivity index (χ1) is 8.63. The first kappa shape index (κ1) is 13.8. The fourth-order valence-electron chi connectivity index (χ4n) is 1.91. The first-order valence-corrected chi connectivity index (χ1v) is 7.46. The number of hydrogen-bond donors (Lipinski definition) is 1. The molecule has 0 radical (unpaired) electrons. The normalized spacial score (nSPS) is 12.9. The van der Waals surface area contributed by atoms with Gasteiger partial charge in [0.1, 0.15) is 11.0 Å². The molecule has 98 valence electrons. The third-order valence-corrected chi connectivity index (χ3v) is 3.97. The summed E-state index contributed by atoms with van der Waals surface area (Å²) in [5.74, 6) is 0.600. The van der Waals surface area contributed by atoms with Gasteiger partial charge in [0.2, 0.25) is 0 Å². The van der Waals surface area contributed by atoms with Crippen molar-refractivity contribution in [1.29, 1.82) is 0 Å². The van der Waals surface area contributed by atoms with Gasteiger partial charge in [0, 0.05) is 6.54 Å². The van der Waals surface area contributed by atoms with Gasteiger partial charge in [0.25, 0.3) is 0 Å². The second-order valence-corrected chi connectivity index (χ2v) is 5.79. The van der Waals surface area contributed by atoms with Crippen LogP contribution >= 0.6 is 34.9 Å². The lowest BCUT2D eigenvalue weighted by atomic mass is 10.1. The summed E-state index contributed by atoms with van der Waals surface area (Å²) in [6, 6.07) is 1.72. The van der Waals surface area contributed by atoms with E-state index in [4.69, 9.17) is 23.2 Å². The molecule has 2 aromatic rings. The maximum atomic E-state index is 6.22. The highest BCUT2D eigenvalue weighted by Gasteiger charge is 2.14. The second kappa shape index (κ2) is 6.04. The number of nitrogens with zero attached hydrogens (tertiary/aromatic N) is 2. The van der Waals surface area contributed by atoms with E-state index in [0.717, 1.165) is 35.0 Å². The monoisotopic (exact) mass is 303 g/mol. The first-order valence-electron chi connectivity index (χ1n) is 5.97. The summed E-state index contributed by atoms with van der Waals surface area (Å²) in [6.45, 7) is 5.28. The Morgan fingerprint density at radius 1 is 1.28 bits per heavy atom. The zero-order valence-corrected chi connectivity index (χ0v) is 12.7. The van der Waals surface area contributed by atoms with Crippen molar-refractivity contribution in [3.63, 3.8) is 0 Å². The van der Waals surface area contributed by atoms with Crippen LogP contribution < -0.4 is 5.32 Å². The SMILES string of the molecule is CCCC(C)CNc1c(Cl)cc(Cl)c2nsnc12. The summed E-state index contributed by atoms with van der Waals surface area (Å²) in [6.07, 6.45) is 2.38. The van der Waals surface area contributed by atoms with Gasteiger partial charge < -0.3 is 5.32 Å². The Balaban J connectivity index is 2.24. The molecule has 0 bridgehead atoms. The minimum absolute atomic E-state index is 0.552. The number of rotatable bonds is 5. The minimum atomic E-state index is 0.552. The third kappa shape index (κ3) is 2.87. The lowest BCUT2D eigenvalue weighted by molar-refractivity contribution is 0.551. The highest BCUT2D eigenvalue weighted by atomic mass is 35.5. The molecule has 2 rings (SSSR count). The maximum Gasteiger partial charge on any atom is 0.130 e. The number of nitrogens with one attached hydrogen (secondary N) is 1. The summed E-state index contributed by atoms with van der Waals surface area (Å²) in [7, 11) is 0. The van der Waals surface area contributed by atoms with Gasteiger partial charge in [-0.25, -0.2) is 0 Å². The molecule has 0 saturated heterocycles. The van der Waals surface area contributed by atoms with E-state index in [0.29, 0.717) is 16.0 Å². The quantitative estimate of drug-likeness (QED) is 0.858. The van der Waals surface area contributed by atoms with E-state index in [2.05, 4.69) is 27.9 Å². The van der Waals surface area contributed by atoms with Crippen LogP contribution in [-0.2, 0) is 0 Å². The van der Waals surface area contributed by atoms with Crippen molar-refractivity contribution in [2.24, 2.45) is 5.92 Å². The van der Waals surface area contributed by atoms with E-state index < -0.39 is 0 Å².